The van der Waals surface area contributed by atoms with Gasteiger partial charge in [0, 0.05) is 12.6 Å². The van der Waals surface area contributed by atoms with Crippen molar-refractivity contribution in [1.29, 1.82) is 0 Å². The second-order valence-electron chi connectivity index (χ2n) is 5.85. The van der Waals surface area contributed by atoms with Gasteiger partial charge in [0.25, 0.3) is 5.91 Å². The molecule has 1 atom stereocenters. The predicted octanol–water partition coefficient (Wildman–Crippen LogP) is 3.52. The van der Waals surface area contributed by atoms with Gasteiger partial charge in [-0.25, -0.2) is 13.6 Å². The summed E-state index contributed by atoms with van der Waals surface area (Å²) in [7, 11) is 0. The monoisotopic (exact) mass is 337 g/mol. The molecule has 0 aliphatic heterocycles. The average Bonchev–Trinajstić information content (AvgIpc) is 2.54. The van der Waals surface area contributed by atoms with Crippen LogP contribution >= 0.6 is 0 Å². The molecule has 1 amide bonds. The smallest absolute Gasteiger partial charge is 0.339 e. The Bertz CT molecular complexity index is 623. The minimum absolute atomic E-state index is 0.264. The van der Waals surface area contributed by atoms with Crippen LogP contribution in [-0.2, 0) is 9.53 Å². The molecule has 1 aliphatic rings. The first-order valence-corrected chi connectivity index (χ1v) is 8.08. The molecule has 0 bridgehead atoms. The fraction of sp³-hybridized carbons (Fsp3) is 0.444. The van der Waals surface area contributed by atoms with Gasteiger partial charge in [-0.15, -0.1) is 0 Å². The predicted molar refractivity (Wildman–Crippen MR) is 85.4 cm³/mol. The maximum atomic E-state index is 13.1. The molecule has 0 aromatic heterocycles. The van der Waals surface area contributed by atoms with E-state index in [9.17, 15) is 18.4 Å². The lowest BCUT2D eigenvalue weighted by Crippen LogP contribution is -2.36. The molecule has 0 unspecified atom stereocenters. The standard InChI is InChI=1S/C18H21F2NO3/c1-12(17(22)21-8-7-13-5-3-2-4-6-13)24-18(23)14-9-15(19)11-16(20)10-14/h5,9-12H,2-4,6-8H2,1H3,(H,21,22)/t12-/m0/s1. The molecule has 1 N–H and O–H groups in total. The van der Waals surface area contributed by atoms with E-state index in [1.807, 2.05) is 0 Å². The number of halogens is 2. The number of nitrogens with one attached hydrogen (secondary N) is 1. The molecule has 130 valence electrons. The quantitative estimate of drug-likeness (QED) is 0.638. The van der Waals surface area contributed by atoms with Crippen molar-refractivity contribution in [3.05, 3.63) is 47.0 Å². The molecule has 4 nitrogen and oxygen atoms in total. The Morgan fingerprint density at radius 2 is 1.92 bits per heavy atom. The highest BCUT2D eigenvalue weighted by atomic mass is 19.1. The number of esters is 1. The molecule has 24 heavy (non-hydrogen) atoms. The second kappa shape index (κ2) is 8.57. The summed E-state index contributed by atoms with van der Waals surface area (Å²) in [5, 5.41) is 2.70. The van der Waals surface area contributed by atoms with Crippen LogP contribution in [0.3, 0.4) is 0 Å². The van der Waals surface area contributed by atoms with E-state index in [-0.39, 0.29) is 5.56 Å². The molecule has 2 rings (SSSR count). The molecule has 0 saturated heterocycles. The third-order valence-electron chi connectivity index (χ3n) is 3.88. The van der Waals surface area contributed by atoms with E-state index < -0.39 is 29.6 Å². The van der Waals surface area contributed by atoms with E-state index >= 15 is 0 Å². The zero-order valence-corrected chi connectivity index (χ0v) is 13.6. The summed E-state index contributed by atoms with van der Waals surface area (Å²) in [6.07, 6.45) is 6.48. The van der Waals surface area contributed by atoms with Crippen LogP contribution in [-0.4, -0.2) is 24.5 Å². The van der Waals surface area contributed by atoms with Crippen LogP contribution in [0.4, 0.5) is 8.78 Å². The fourth-order valence-electron chi connectivity index (χ4n) is 2.58. The minimum Gasteiger partial charge on any atom is -0.449 e. The maximum absolute atomic E-state index is 13.1. The molecule has 1 aromatic carbocycles. The SMILES string of the molecule is C[C@H](OC(=O)c1cc(F)cc(F)c1)C(=O)NCCC1=CCCCC1. The number of carbonyl (C=O) groups excluding carboxylic acids is 2. The van der Waals surface area contributed by atoms with Gasteiger partial charge in [-0.1, -0.05) is 11.6 Å². The van der Waals surface area contributed by atoms with Gasteiger partial charge in [-0.05, 0) is 51.2 Å². The summed E-state index contributed by atoms with van der Waals surface area (Å²) < 4.78 is 31.1. The number of ether oxygens (including phenoxy) is 1. The maximum Gasteiger partial charge on any atom is 0.339 e. The van der Waals surface area contributed by atoms with Gasteiger partial charge >= 0.3 is 5.97 Å². The molecular formula is C18H21F2NO3. The van der Waals surface area contributed by atoms with Gasteiger partial charge < -0.3 is 10.1 Å². The molecule has 0 spiro atoms. The van der Waals surface area contributed by atoms with E-state index in [2.05, 4.69) is 11.4 Å². The van der Waals surface area contributed by atoms with Gasteiger partial charge in [0.15, 0.2) is 6.10 Å². The van der Waals surface area contributed by atoms with E-state index in [1.165, 1.54) is 25.3 Å². The van der Waals surface area contributed by atoms with Crippen molar-refractivity contribution < 1.29 is 23.1 Å². The topological polar surface area (TPSA) is 55.4 Å². The van der Waals surface area contributed by atoms with Crippen LogP contribution < -0.4 is 5.32 Å². The Labute approximate surface area is 139 Å². The van der Waals surface area contributed by atoms with Crippen molar-refractivity contribution in [2.45, 2.75) is 45.1 Å². The summed E-state index contributed by atoms with van der Waals surface area (Å²) >= 11 is 0. The largest absolute Gasteiger partial charge is 0.449 e. The highest BCUT2D eigenvalue weighted by Gasteiger charge is 2.19. The number of benzene rings is 1. The van der Waals surface area contributed by atoms with E-state index in [0.717, 1.165) is 31.4 Å². The van der Waals surface area contributed by atoms with Crippen molar-refractivity contribution >= 4 is 11.9 Å². The number of carbonyl (C=O) groups is 2. The van der Waals surface area contributed by atoms with E-state index in [0.29, 0.717) is 12.6 Å². The number of amides is 1. The van der Waals surface area contributed by atoms with Gasteiger partial charge in [-0.3, -0.25) is 4.79 Å². The van der Waals surface area contributed by atoms with Crippen LogP contribution in [0.5, 0.6) is 0 Å². The first-order valence-electron chi connectivity index (χ1n) is 8.08. The molecule has 0 radical (unpaired) electrons. The van der Waals surface area contributed by atoms with Crippen LogP contribution in [0.15, 0.2) is 29.8 Å². The van der Waals surface area contributed by atoms with Crippen LogP contribution in [0.2, 0.25) is 0 Å². The molecule has 0 fully saturated rings. The molecular weight excluding hydrogens is 316 g/mol. The van der Waals surface area contributed by atoms with Gasteiger partial charge in [-0.2, -0.15) is 0 Å². The summed E-state index contributed by atoms with van der Waals surface area (Å²) in [6, 6.07) is 2.39. The lowest BCUT2D eigenvalue weighted by atomic mass is 9.97. The summed E-state index contributed by atoms with van der Waals surface area (Å²) in [4.78, 5) is 23.8. The Morgan fingerprint density at radius 3 is 2.54 bits per heavy atom. The Hall–Kier alpha value is -2.24. The number of hydrogen-bond donors (Lipinski definition) is 1. The first-order chi connectivity index (χ1) is 11.5. The Kier molecular flexibility index (Phi) is 6.46. The average molecular weight is 337 g/mol. The third kappa shape index (κ3) is 5.44. The summed E-state index contributed by atoms with van der Waals surface area (Å²) in [5.74, 6) is -3.12. The molecule has 0 saturated carbocycles. The zero-order valence-electron chi connectivity index (χ0n) is 13.6. The summed E-state index contributed by atoms with van der Waals surface area (Å²) in [6.45, 7) is 1.89. The van der Waals surface area contributed by atoms with E-state index in [4.69, 9.17) is 4.74 Å². The first kappa shape index (κ1) is 18.1. The highest BCUT2D eigenvalue weighted by Crippen LogP contribution is 2.19. The molecule has 1 aromatic rings. The van der Waals surface area contributed by atoms with Gasteiger partial charge in [0.2, 0.25) is 0 Å². The molecule has 1 aliphatic carbocycles. The number of hydrogen-bond acceptors (Lipinski definition) is 3. The van der Waals surface area contributed by atoms with Crippen LogP contribution in [0, 0.1) is 11.6 Å². The fourth-order valence-corrected chi connectivity index (χ4v) is 2.58. The zero-order chi connectivity index (χ0) is 17.5. The minimum atomic E-state index is -1.04. The lowest BCUT2D eigenvalue weighted by Gasteiger charge is -2.15. The van der Waals surface area contributed by atoms with Crippen molar-refractivity contribution in [2.24, 2.45) is 0 Å². The number of allylic oxidation sites excluding steroid dienone is 1. The Morgan fingerprint density at radius 1 is 1.21 bits per heavy atom. The Balaban J connectivity index is 1.80. The van der Waals surface area contributed by atoms with Gasteiger partial charge in [0.05, 0.1) is 5.56 Å². The van der Waals surface area contributed by atoms with Crippen LogP contribution in [0.25, 0.3) is 0 Å². The van der Waals surface area contributed by atoms with E-state index in [1.54, 1.807) is 0 Å². The second-order valence-corrected chi connectivity index (χ2v) is 5.85. The van der Waals surface area contributed by atoms with Crippen LogP contribution in [0.1, 0.15) is 49.4 Å². The number of rotatable bonds is 6. The normalized spacial score (nSPS) is 15.4. The van der Waals surface area contributed by atoms with Crippen molar-refractivity contribution in [1.82, 2.24) is 5.32 Å². The molecule has 6 heteroatoms. The van der Waals surface area contributed by atoms with Crippen molar-refractivity contribution in [3.63, 3.8) is 0 Å². The highest BCUT2D eigenvalue weighted by molar-refractivity contribution is 5.92. The third-order valence-corrected chi connectivity index (χ3v) is 3.88. The summed E-state index contributed by atoms with van der Waals surface area (Å²) in [5.41, 5.74) is 1.07. The molecule has 0 heterocycles. The van der Waals surface area contributed by atoms with Gasteiger partial charge in [0.1, 0.15) is 11.6 Å². The lowest BCUT2D eigenvalue weighted by molar-refractivity contribution is -0.129. The van der Waals surface area contributed by atoms with Crippen molar-refractivity contribution in [3.8, 4) is 0 Å². The van der Waals surface area contributed by atoms with Crippen molar-refractivity contribution in [2.75, 3.05) is 6.54 Å².